The zero-order valence-corrected chi connectivity index (χ0v) is 39.7. The van der Waals surface area contributed by atoms with E-state index in [9.17, 15) is 29.5 Å². The zero-order chi connectivity index (χ0) is 48.7. The molecule has 0 bridgehead atoms. The van der Waals surface area contributed by atoms with Gasteiger partial charge in [0, 0.05) is 80.4 Å². The number of anilines is 3. The van der Waals surface area contributed by atoms with Gasteiger partial charge in [0.25, 0.3) is 0 Å². The molecule has 4 N–H and O–H groups in total. The van der Waals surface area contributed by atoms with Crippen molar-refractivity contribution in [3.05, 3.63) is 72.7 Å². The number of fused-ring (bicyclic) bond motifs is 1. The molecule has 5 aromatic rings. The fraction of sp³-hybridized carbons (Fsp3) is 0.500. The number of amides is 4. The van der Waals surface area contributed by atoms with E-state index in [1.165, 1.54) is 12.3 Å². The molecule has 4 aromatic heterocycles. The molecule has 0 saturated carbocycles. The predicted molar refractivity (Wildman–Crippen MR) is 256 cm³/mol. The van der Waals surface area contributed by atoms with Crippen LogP contribution in [0.3, 0.4) is 0 Å². The monoisotopic (exact) mass is 941 g/mol. The van der Waals surface area contributed by atoms with E-state index in [0.29, 0.717) is 105 Å². The number of aliphatic hydroxyl groups is 1. The Kier molecular flexibility index (Phi) is 12.9. The number of hydrogen-bond donors (Lipinski definition) is 4. The number of hydrogen-bond acceptors (Lipinski definition) is 13. The number of imide groups is 1. The Morgan fingerprint density at radius 2 is 1.67 bits per heavy atom. The quantitative estimate of drug-likeness (QED) is 0.123. The van der Waals surface area contributed by atoms with Gasteiger partial charge in [-0.1, -0.05) is 6.92 Å². The van der Waals surface area contributed by atoms with Gasteiger partial charge in [0.2, 0.25) is 23.6 Å². The number of likely N-dealkylation sites (tertiary alicyclic amines) is 1. The van der Waals surface area contributed by atoms with Crippen molar-refractivity contribution in [1.82, 2.24) is 44.9 Å². The van der Waals surface area contributed by atoms with E-state index >= 15 is 4.39 Å². The van der Waals surface area contributed by atoms with Gasteiger partial charge in [0.1, 0.15) is 34.8 Å². The molecule has 0 spiro atoms. The maximum atomic E-state index is 15.3. The highest BCUT2D eigenvalue weighted by atomic mass is 19.1. The van der Waals surface area contributed by atoms with E-state index in [0.717, 1.165) is 36.2 Å². The number of benzene rings is 1. The van der Waals surface area contributed by atoms with E-state index in [1.54, 1.807) is 40.1 Å². The van der Waals surface area contributed by atoms with Crippen molar-refractivity contribution in [1.29, 1.82) is 5.26 Å². The molecule has 18 nitrogen and oxygen atoms in total. The van der Waals surface area contributed by atoms with Crippen molar-refractivity contribution in [2.24, 2.45) is 5.41 Å². The molecule has 4 saturated heterocycles. The van der Waals surface area contributed by atoms with Gasteiger partial charge in [-0.25, -0.2) is 18.9 Å². The Hall–Kier alpha value is -6.94. The standard InChI is InChI=1S/C50H60FN13O5/c1-5-49(47(68)59-48(2,3)4)14-20-61(21-15-49)41-10-6-32(27-53-41)44-45-33(26-52)28-55-64(45)31-39(57-44)34-29-54-63(30-34)36-12-18-62(19-13-36)43(66)25-50(69)16-22-60(23-17-50)40-9-7-35(24-37(40)51)56-38-8-11-42(65)58-46(38)67/h6-7,9-10,24,27-31,36,38,56,69H,5,8,11-23,25H2,1-4H3,(H,59,68)(H,58,65,67). The third-order valence-electron chi connectivity index (χ3n) is 14.5. The number of rotatable bonds is 11. The number of nitrogens with one attached hydrogen (secondary N) is 3. The summed E-state index contributed by atoms with van der Waals surface area (Å²) in [5.41, 5.74) is 2.56. The van der Waals surface area contributed by atoms with Crippen molar-refractivity contribution in [2.75, 3.05) is 54.4 Å². The summed E-state index contributed by atoms with van der Waals surface area (Å²) in [5, 5.41) is 39.2. The molecule has 69 heavy (non-hydrogen) atoms. The number of nitrogens with zero attached hydrogens (tertiary/aromatic N) is 10. The summed E-state index contributed by atoms with van der Waals surface area (Å²) in [6.45, 7) is 11.3. The average Bonchev–Trinajstić information content (AvgIpc) is 4.01. The first-order valence-corrected chi connectivity index (χ1v) is 24.0. The summed E-state index contributed by atoms with van der Waals surface area (Å²) >= 11 is 0. The lowest BCUT2D eigenvalue weighted by molar-refractivity contribution is -0.139. The highest BCUT2D eigenvalue weighted by Gasteiger charge is 2.42. The molecule has 0 aliphatic carbocycles. The molecule has 1 unspecified atom stereocenters. The highest BCUT2D eigenvalue weighted by molar-refractivity contribution is 6.01. The Morgan fingerprint density at radius 3 is 2.32 bits per heavy atom. The molecular formula is C50H60FN13O5. The van der Waals surface area contributed by atoms with E-state index in [2.05, 4.69) is 38.9 Å². The molecule has 19 heteroatoms. The fourth-order valence-corrected chi connectivity index (χ4v) is 10.2. The summed E-state index contributed by atoms with van der Waals surface area (Å²) in [7, 11) is 0. The molecule has 362 valence electrons. The van der Waals surface area contributed by atoms with Crippen LogP contribution in [0.5, 0.6) is 0 Å². The van der Waals surface area contributed by atoms with Crippen molar-refractivity contribution < 1.29 is 28.7 Å². The second-order valence-electron chi connectivity index (χ2n) is 20.2. The lowest BCUT2D eigenvalue weighted by atomic mass is 9.75. The van der Waals surface area contributed by atoms with Crippen LogP contribution >= 0.6 is 0 Å². The normalized spacial score (nSPS) is 19.8. The maximum Gasteiger partial charge on any atom is 0.249 e. The van der Waals surface area contributed by atoms with Gasteiger partial charge in [0.05, 0.1) is 59.1 Å². The molecule has 0 radical (unpaired) electrons. The Balaban J connectivity index is 0.799. The van der Waals surface area contributed by atoms with Crippen LogP contribution in [-0.2, 0) is 19.2 Å². The van der Waals surface area contributed by atoms with Crippen molar-refractivity contribution in [2.45, 2.75) is 115 Å². The Labute approximate surface area is 400 Å². The number of nitriles is 1. The molecule has 4 aliphatic heterocycles. The van der Waals surface area contributed by atoms with Crippen LogP contribution in [0.25, 0.3) is 28.0 Å². The van der Waals surface area contributed by atoms with Crippen LogP contribution in [0, 0.1) is 22.6 Å². The van der Waals surface area contributed by atoms with Gasteiger partial charge in [-0.2, -0.15) is 15.5 Å². The lowest BCUT2D eigenvalue weighted by Gasteiger charge is -2.42. The fourth-order valence-electron chi connectivity index (χ4n) is 10.2. The summed E-state index contributed by atoms with van der Waals surface area (Å²) < 4.78 is 18.9. The number of piperidine rings is 4. The first-order valence-electron chi connectivity index (χ1n) is 24.0. The molecular weight excluding hydrogens is 882 g/mol. The number of carbonyl (C=O) groups is 4. The van der Waals surface area contributed by atoms with E-state index in [4.69, 9.17) is 15.1 Å². The highest BCUT2D eigenvalue weighted by Crippen LogP contribution is 2.38. The van der Waals surface area contributed by atoms with Gasteiger partial charge in [-0.15, -0.1) is 0 Å². The second kappa shape index (κ2) is 18.9. The summed E-state index contributed by atoms with van der Waals surface area (Å²) in [6.07, 6.45) is 13.5. The van der Waals surface area contributed by atoms with Gasteiger partial charge in [-0.3, -0.25) is 29.2 Å². The van der Waals surface area contributed by atoms with Crippen LogP contribution in [0.2, 0.25) is 0 Å². The van der Waals surface area contributed by atoms with Crippen molar-refractivity contribution >= 4 is 46.3 Å². The average molecular weight is 942 g/mol. The smallest absolute Gasteiger partial charge is 0.249 e. The largest absolute Gasteiger partial charge is 0.389 e. The van der Waals surface area contributed by atoms with E-state index in [-0.39, 0.29) is 42.1 Å². The van der Waals surface area contributed by atoms with Crippen LogP contribution < -0.4 is 25.8 Å². The molecule has 1 aromatic carbocycles. The molecule has 1 atom stereocenters. The number of pyridine rings is 1. The van der Waals surface area contributed by atoms with Crippen LogP contribution in [0.1, 0.15) is 104 Å². The first-order chi connectivity index (χ1) is 33.0. The zero-order valence-electron chi connectivity index (χ0n) is 39.7. The third kappa shape index (κ3) is 9.98. The predicted octanol–water partition coefficient (Wildman–Crippen LogP) is 5.38. The first kappa shape index (κ1) is 47.1. The summed E-state index contributed by atoms with van der Waals surface area (Å²) in [6, 6.07) is 10.3. The maximum absolute atomic E-state index is 15.3. The van der Waals surface area contributed by atoms with Crippen molar-refractivity contribution in [3.63, 3.8) is 0 Å². The van der Waals surface area contributed by atoms with Crippen molar-refractivity contribution in [3.8, 4) is 28.6 Å². The van der Waals surface area contributed by atoms with Gasteiger partial charge < -0.3 is 30.4 Å². The van der Waals surface area contributed by atoms with E-state index < -0.39 is 28.8 Å². The molecule has 9 rings (SSSR count). The second-order valence-corrected chi connectivity index (χ2v) is 20.2. The number of carbonyl (C=O) groups excluding carboxylic acids is 4. The van der Waals surface area contributed by atoms with Gasteiger partial charge in [-0.05, 0) is 102 Å². The summed E-state index contributed by atoms with van der Waals surface area (Å²) in [4.78, 5) is 66.3. The molecule has 8 heterocycles. The third-order valence-corrected chi connectivity index (χ3v) is 14.5. The SMILES string of the molecule is CCC1(C(=O)NC(C)(C)C)CCN(c2ccc(-c3nc(-c4cnn(C5CCN(C(=O)CC6(O)CCN(c7ccc(NC8CCC(=O)NC8=O)cc7F)CC6)CC5)c4)cn4ncc(C#N)c34)cn2)CC1. The van der Waals surface area contributed by atoms with Crippen LogP contribution in [0.4, 0.5) is 21.6 Å². The van der Waals surface area contributed by atoms with E-state index in [1.807, 2.05) is 48.7 Å². The molecule has 4 aliphatic rings. The molecule has 4 amide bonds. The Bertz CT molecular complexity index is 2790. The van der Waals surface area contributed by atoms with Gasteiger partial charge >= 0.3 is 0 Å². The minimum Gasteiger partial charge on any atom is -0.389 e. The number of aromatic nitrogens is 6. The van der Waals surface area contributed by atoms with Crippen LogP contribution in [0.15, 0.2) is 61.3 Å². The topological polar surface area (TPSA) is 219 Å². The lowest BCUT2D eigenvalue weighted by Crippen LogP contribution is -2.53. The summed E-state index contributed by atoms with van der Waals surface area (Å²) in [5.74, 6) is -0.403. The molecule has 4 fully saturated rings. The minimum atomic E-state index is -1.21. The Morgan fingerprint density at radius 1 is 0.928 bits per heavy atom. The minimum absolute atomic E-state index is 0.0137. The van der Waals surface area contributed by atoms with Crippen LogP contribution in [-0.4, -0.2) is 119 Å². The van der Waals surface area contributed by atoms with Gasteiger partial charge in [0.15, 0.2) is 0 Å². The number of halogens is 1.